The standard InChI is InChI=1S/C21H22N4O/c26-21(15-19-10-12-23-25(19)18-7-4-8-18)24-20-14-17(9-11-22-20)13-16-5-2-1-3-6-16/h1-3,5-6,9-12,14,18H,4,7-8,13,15H2,(H,22,24,26). The Labute approximate surface area is 153 Å². The summed E-state index contributed by atoms with van der Waals surface area (Å²) in [5.41, 5.74) is 3.33. The van der Waals surface area contributed by atoms with E-state index < -0.39 is 0 Å². The normalized spacial score (nSPS) is 14.0. The number of benzene rings is 1. The summed E-state index contributed by atoms with van der Waals surface area (Å²) in [7, 11) is 0. The van der Waals surface area contributed by atoms with Crippen LogP contribution in [0.1, 0.15) is 42.1 Å². The maximum atomic E-state index is 12.4. The number of carbonyl (C=O) groups excluding carboxylic acids is 1. The number of amides is 1. The molecule has 1 amide bonds. The van der Waals surface area contributed by atoms with Crippen molar-refractivity contribution in [3.8, 4) is 0 Å². The summed E-state index contributed by atoms with van der Waals surface area (Å²) in [4.78, 5) is 16.7. The Kier molecular flexibility index (Phi) is 4.78. The molecule has 1 aliphatic carbocycles. The van der Waals surface area contributed by atoms with Crippen molar-refractivity contribution < 1.29 is 4.79 Å². The van der Waals surface area contributed by atoms with Gasteiger partial charge in [0, 0.05) is 18.1 Å². The van der Waals surface area contributed by atoms with Crippen LogP contribution in [0, 0.1) is 0 Å². The third-order valence-corrected chi connectivity index (χ3v) is 4.86. The van der Waals surface area contributed by atoms with E-state index in [2.05, 4.69) is 27.5 Å². The zero-order chi connectivity index (χ0) is 17.8. The van der Waals surface area contributed by atoms with Crippen molar-refractivity contribution in [3.63, 3.8) is 0 Å². The Morgan fingerprint density at radius 1 is 1.08 bits per heavy atom. The molecule has 1 saturated carbocycles. The van der Waals surface area contributed by atoms with Crippen molar-refractivity contribution in [2.75, 3.05) is 5.32 Å². The van der Waals surface area contributed by atoms with E-state index in [9.17, 15) is 4.79 Å². The molecule has 0 spiro atoms. The first-order valence-electron chi connectivity index (χ1n) is 9.09. The van der Waals surface area contributed by atoms with E-state index in [4.69, 9.17) is 0 Å². The van der Waals surface area contributed by atoms with Crippen LogP contribution in [0.25, 0.3) is 0 Å². The monoisotopic (exact) mass is 346 g/mol. The minimum atomic E-state index is -0.0598. The first-order chi connectivity index (χ1) is 12.8. The Balaban J connectivity index is 1.40. The van der Waals surface area contributed by atoms with Crippen LogP contribution >= 0.6 is 0 Å². The molecule has 0 atom stereocenters. The number of nitrogens with zero attached hydrogens (tertiary/aromatic N) is 3. The largest absolute Gasteiger partial charge is 0.310 e. The second kappa shape index (κ2) is 7.52. The van der Waals surface area contributed by atoms with Crippen LogP contribution in [-0.2, 0) is 17.6 Å². The van der Waals surface area contributed by atoms with Crippen molar-refractivity contribution in [2.24, 2.45) is 0 Å². The van der Waals surface area contributed by atoms with Gasteiger partial charge in [-0.1, -0.05) is 30.3 Å². The molecule has 26 heavy (non-hydrogen) atoms. The fourth-order valence-corrected chi connectivity index (χ4v) is 3.28. The van der Waals surface area contributed by atoms with Gasteiger partial charge in [-0.3, -0.25) is 9.48 Å². The number of hydrogen-bond donors (Lipinski definition) is 1. The fraction of sp³-hybridized carbons (Fsp3) is 0.286. The van der Waals surface area contributed by atoms with Crippen LogP contribution < -0.4 is 5.32 Å². The summed E-state index contributed by atoms with van der Waals surface area (Å²) in [5.74, 6) is 0.536. The lowest BCUT2D eigenvalue weighted by atomic mass is 9.93. The zero-order valence-electron chi connectivity index (χ0n) is 14.6. The highest BCUT2D eigenvalue weighted by atomic mass is 16.1. The lowest BCUT2D eigenvalue weighted by molar-refractivity contribution is -0.115. The molecule has 0 aliphatic heterocycles. The molecule has 0 unspecified atom stereocenters. The molecule has 1 N–H and O–H groups in total. The van der Waals surface area contributed by atoms with Crippen molar-refractivity contribution in [1.82, 2.24) is 14.8 Å². The molecule has 5 heteroatoms. The highest BCUT2D eigenvalue weighted by Crippen LogP contribution is 2.31. The van der Waals surface area contributed by atoms with Gasteiger partial charge in [0.2, 0.25) is 5.91 Å². The summed E-state index contributed by atoms with van der Waals surface area (Å²) in [6.45, 7) is 0. The van der Waals surface area contributed by atoms with Gasteiger partial charge in [0.05, 0.1) is 12.5 Å². The molecule has 1 fully saturated rings. The van der Waals surface area contributed by atoms with Gasteiger partial charge in [0.25, 0.3) is 0 Å². The number of rotatable bonds is 6. The van der Waals surface area contributed by atoms with Gasteiger partial charge >= 0.3 is 0 Å². The van der Waals surface area contributed by atoms with Crippen LogP contribution in [-0.4, -0.2) is 20.7 Å². The van der Waals surface area contributed by atoms with Crippen molar-refractivity contribution in [1.29, 1.82) is 0 Å². The van der Waals surface area contributed by atoms with E-state index in [1.165, 1.54) is 12.0 Å². The van der Waals surface area contributed by atoms with E-state index in [0.29, 0.717) is 18.3 Å². The van der Waals surface area contributed by atoms with Gasteiger partial charge in [-0.25, -0.2) is 4.98 Å². The molecule has 0 radical (unpaired) electrons. The molecule has 4 rings (SSSR count). The van der Waals surface area contributed by atoms with Crippen LogP contribution in [0.15, 0.2) is 60.9 Å². The van der Waals surface area contributed by atoms with Gasteiger partial charge in [-0.2, -0.15) is 5.10 Å². The van der Waals surface area contributed by atoms with Gasteiger partial charge in [0.1, 0.15) is 5.82 Å². The minimum Gasteiger partial charge on any atom is -0.310 e. The average Bonchev–Trinajstić information content (AvgIpc) is 3.02. The zero-order valence-corrected chi connectivity index (χ0v) is 14.6. The Bertz CT molecular complexity index is 884. The molecule has 2 aromatic heterocycles. The molecule has 5 nitrogen and oxygen atoms in total. The minimum absolute atomic E-state index is 0.0598. The van der Waals surface area contributed by atoms with Crippen LogP contribution in [0.3, 0.4) is 0 Å². The molecule has 0 bridgehead atoms. The van der Waals surface area contributed by atoms with E-state index in [1.54, 1.807) is 12.4 Å². The van der Waals surface area contributed by atoms with Gasteiger partial charge in [0.15, 0.2) is 0 Å². The first kappa shape index (κ1) is 16.5. The second-order valence-electron chi connectivity index (χ2n) is 6.79. The quantitative estimate of drug-likeness (QED) is 0.739. The topological polar surface area (TPSA) is 59.8 Å². The van der Waals surface area contributed by atoms with E-state index in [0.717, 1.165) is 30.5 Å². The third kappa shape index (κ3) is 3.82. The van der Waals surface area contributed by atoms with Crippen LogP contribution in [0.4, 0.5) is 5.82 Å². The highest BCUT2D eigenvalue weighted by molar-refractivity contribution is 5.91. The number of anilines is 1. The van der Waals surface area contributed by atoms with Crippen molar-refractivity contribution in [3.05, 3.63) is 77.7 Å². The molecule has 1 aliphatic rings. The number of hydrogen-bond acceptors (Lipinski definition) is 3. The SMILES string of the molecule is O=C(Cc1ccnn1C1CCC1)Nc1cc(Cc2ccccc2)ccn1. The average molecular weight is 346 g/mol. The molecule has 2 heterocycles. The summed E-state index contributed by atoms with van der Waals surface area (Å²) < 4.78 is 2.00. The number of aromatic nitrogens is 3. The number of pyridine rings is 1. The summed E-state index contributed by atoms with van der Waals surface area (Å²) in [6.07, 6.45) is 8.21. The maximum Gasteiger partial charge on any atom is 0.231 e. The van der Waals surface area contributed by atoms with Crippen molar-refractivity contribution in [2.45, 2.75) is 38.1 Å². The van der Waals surface area contributed by atoms with E-state index in [1.807, 2.05) is 41.1 Å². The fourth-order valence-electron chi connectivity index (χ4n) is 3.28. The smallest absolute Gasteiger partial charge is 0.231 e. The molecule has 132 valence electrons. The molecular weight excluding hydrogens is 324 g/mol. The third-order valence-electron chi connectivity index (χ3n) is 4.86. The summed E-state index contributed by atoms with van der Waals surface area (Å²) in [5, 5.41) is 7.30. The predicted molar refractivity (Wildman–Crippen MR) is 101 cm³/mol. The van der Waals surface area contributed by atoms with Gasteiger partial charge in [-0.15, -0.1) is 0 Å². The van der Waals surface area contributed by atoms with Crippen LogP contribution in [0.5, 0.6) is 0 Å². The number of nitrogens with one attached hydrogen (secondary N) is 1. The Morgan fingerprint density at radius 2 is 1.92 bits per heavy atom. The van der Waals surface area contributed by atoms with Gasteiger partial charge < -0.3 is 5.32 Å². The Morgan fingerprint density at radius 3 is 2.69 bits per heavy atom. The number of carbonyl (C=O) groups is 1. The second-order valence-corrected chi connectivity index (χ2v) is 6.79. The first-order valence-corrected chi connectivity index (χ1v) is 9.09. The predicted octanol–water partition coefficient (Wildman–Crippen LogP) is 3.78. The maximum absolute atomic E-state index is 12.4. The van der Waals surface area contributed by atoms with E-state index >= 15 is 0 Å². The molecular formula is C21H22N4O. The lowest BCUT2D eigenvalue weighted by Crippen LogP contribution is -2.23. The Hall–Kier alpha value is -2.95. The van der Waals surface area contributed by atoms with E-state index in [-0.39, 0.29) is 5.91 Å². The molecule has 0 saturated heterocycles. The molecule has 3 aromatic rings. The van der Waals surface area contributed by atoms with Gasteiger partial charge in [-0.05, 0) is 55.0 Å². The van der Waals surface area contributed by atoms with Crippen molar-refractivity contribution >= 4 is 11.7 Å². The lowest BCUT2D eigenvalue weighted by Gasteiger charge is -2.27. The van der Waals surface area contributed by atoms with Crippen LogP contribution in [0.2, 0.25) is 0 Å². The molecule has 1 aromatic carbocycles. The summed E-state index contributed by atoms with van der Waals surface area (Å²) >= 11 is 0. The highest BCUT2D eigenvalue weighted by Gasteiger charge is 2.22. The summed E-state index contributed by atoms with van der Waals surface area (Å²) in [6, 6.07) is 16.6.